The highest BCUT2D eigenvalue weighted by Gasteiger charge is 2.21. The van der Waals surface area contributed by atoms with Gasteiger partial charge in [0.1, 0.15) is 0 Å². The van der Waals surface area contributed by atoms with E-state index in [0.29, 0.717) is 56.0 Å². The van der Waals surface area contributed by atoms with Crippen molar-refractivity contribution in [2.75, 3.05) is 31.6 Å². The average molecular weight is 363 g/mol. The summed E-state index contributed by atoms with van der Waals surface area (Å²) in [5.41, 5.74) is 2.60. The molecule has 0 radical (unpaired) electrons. The highest BCUT2D eigenvalue weighted by Crippen LogP contribution is 2.19. The lowest BCUT2D eigenvalue weighted by Gasteiger charge is -2.27. The third-order valence-electron chi connectivity index (χ3n) is 4.45. The number of nitriles is 1. The summed E-state index contributed by atoms with van der Waals surface area (Å²) in [4.78, 5) is 26.8. The Bertz CT molecular complexity index is 850. The normalized spacial score (nSPS) is 13.7. The molecule has 0 atom stereocenters. The number of amides is 2. The number of nitrogens with zero attached hydrogens (tertiary/aromatic N) is 2. The van der Waals surface area contributed by atoms with Gasteiger partial charge >= 0.3 is 0 Å². The number of para-hydroxylation sites is 1. The monoisotopic (exact) mass is 363 g/mol. The molecule has 0 spiro atoms. The molecular formula is C21H21N3O3. The fraction of sp³-hybridized carbons (Fsp3) is 0.286. The van der Waals surface area contributed by atoms with Gasteiger partial charge in [0.25, 0.3) is 5.91 Å². The number of hydrogen-bond acceptors (Lipinski definition) is 4. The number of anilines is 1. The molecular weight excluding hydrogens is 342 g/mol. The van der Waals surface area contributed by atoms with Crippen LogP contribution in [0, 0.1) is 11.3 Å². The van der Waals surface area contributed by atoms with Crippen molar-refractivity contribution in [3.8, 4) is 6.07 Å². The Kier molecular flexibility index (Phi) is 6.18. The summed E-state index contributed by atoms with van der Waals surface area (Å²) in [5.74, 6) is -0.247. The van der Waals surface area contributed by atoms with Crippen molar-refractivity contribution < 1.29 is 14.3 Å². The molecule has 6 nitrogen and oxygen atoms in total. The molecule has 0 saturated carbocycles. The number of rotatable bonds is 5. The third-order valence-corrected chi connectivity index (χ3v) is 4.45. The van der Waals surface area contributed by atoms with Gasteiger partial charge in [0.15, 0.2) is 0 Å². The van der Waals surface area contributed by atoms with Crippen LogP contribution in [-0.2, 0) is 16.0 Å². The zero-order valence-electron chi connectivity index (χ0n) is 15.0. The van der Waals surface area contributed by atoms with Gasteiger partial charge in [-0.1, -0.05) is 24.3 Å². The second kappa shape index (κ2) is 8.97. The molecule has 27 heavy (non-hydrogen) atoms. The largest absolute Gasteiger partial charge is 0.378 e. The van der Waals surface area contributed by atoms with Crippen LogP contribution in [-0.4, -0.2) is 43.0 Å². The van der Waals surface area contributed by atoms with Gasteiger partial charge in [-0.3, -0.25) is 9.59 Å². The predicted octanol–water partition coefficient (Wildman–Crippen LogP) is 2.60. The van der Waals surface area contributed by atoms with Gasteiger partial charge in [-0.25, -0.2) is 0 Å². The lowest BCUT2D eigenvalue weighted by molar-refractivity contribution is -0.116. The van der Waals surface area contributed by atoms with Crippen molar-refractivity contribution in [3.05, 3.63) is 65.2 Å². The van der Waals surface area contributed by atoms with Gasteiger partial charge in [-0.2, -0.15) is 5.26 Å². The third kappa shape index (κ3) is 4.93. The van der Waals surface area contributed by atoms with E-state index in [-0.39, 0.29) is 11.8 Å². The van der Waals surface area contributed by atoms with Gasteiger partial charge in [0.2, 0.25) is 5.91 Å². The summed E-state index contributed by atoms with van der Waals surface area (Å²) in [6.07, 6.45) is 0.864. The van der Waals surface area contributed by atoms with Crippen LogP contribution in [0.2, 0.25) is 0 Å². The Morgan fingerprint density at radius 2 is 1.78 bits per heavy atom. The predicted molar refractivity (Wildman–Crippen MR) is 101 cm³/mol. The van der Waals surface area contributed by atoms with Crippen LogP contribution in [0.3, 0.4) is 0 Å². The minimum Gasteiger partial charge on any atom is -0.378 e. The minimum atomic E-state index is -0.151. The lowest BCUT2D eigenvalue weighted by atomic mass is 10.1. The number of ether oxygens (including phenoxy) is 1. The number of nitrogens with one attached hydrogen (secondary N) is 1. The molecule has 1 N–H and O–H groups in total. The molecule has 1 heterocycles. The number of aryl methyl sites for hydroxylation is 1. The SMILES string of the molecule is N#Cc1ccc(CCC(=O)Nc2ccccc2C(=O)N2CCOCC2)cc1. The molecule has 0 aliphatic carbocycles. The Morgan fingerprint density at radius 1 is 1.07 bits per heavy atom. The first-order valence-electron chi connectivity index (χ1n) is 8.92. The van der Waals surface area contributed by atoms with E-state index < -0.39 is 0 Å². The Morgan fingerprint density at radius 3 is 2.48 bits per heavy atom. The summed E-state index contributed by atoms with van der Waals surface area (Å²) < 4.78 is 5.29. The van der Waals surface area contributed by atoms with E-state index in [1.807, 2.05) is 12.1 Å². The first-order valence-corrected chi connectivity index (χ1v) is 8.92. The maximum absolute atomic E-state index is 12.7. The van der Waals surface area contributed by atoms with E-state index in [2.05, 4.69) is 11.4 Å². The maximum Gasteiger partial charge on any atom is 0.256 e. The molecule has 1 saturated heterocycles. The number of benzene rings is 2. The van der Waals surface area contributed by atoms with Gasteiger partial charge in [0, 0.05) is 19.5 Å². The molecule has 6 heteroatoms. The molecule has 138 valence electrons. The van der Waals surface area contributed by atoms with Crippen molar-refractivity contribution in [3.63, 3.8) is 0 Å². The average Bonchev–Trinajstić information content (AvgIpc) is 2.73. The summed E-state index contributed by atoms with van der Waals surface area (Å²) >= 11 is 0. The second-order valence-corrected chi connectivity index (χ2v) is 6.31. The van der Waals surface area contributed by atoms with E-state index in [4.69, 9.17) is 10.00 Å². The quantitative estimate of drug-likeness (QED) is 0.885. The fourth-order valence-electron chi connectivity index (χ4n) is 2.93. The standard InChI is InChI=1S/C21H21N3O3/c22-15-17-7-5-16(6-8-17)9-10-20(25)23-19-4-2-1-3-18(19)21(26)24-11-13-27-14-12-24/h1-8H,9-14H2,(H,23,25). The summed E-state index contributed by atoms with van der Waals surface area (Å²) in [6, 6.07) is 16.3. The van der Waals surface area contributed by atoms with Crippen LogP contribution in [0.25, 0.3) is 0 Å². The summed E-state index contributed by atoms with van der Waals surface area (Å²) in [5, 5.41) is 11.7. The van der Waals surface area contributed by atoms with Crippen LogP contribution >= 0.6 is 0 Å². The van der Waals surface area contributed by atoms with Crippen molar-refractivity contribution in [2.45, 2.75) is 12.8 Å². The highest BCUT2D eigenvalue weighted by atomic mass is 16.5. The van der Waals surface area contributed by atoms with Crippen LogP contribution in [0.4, 0.5) is 5.69 Å². The van der Waals surface area contributed by atoms with Gasteiger partial charge < -0.3 is 15.0 Å². The molecule has 0 bridgehead atoms. The number of morpholine rings is 1. The molecule has 3 rings (SSSR count). The second-order valence-electron chi connectivity index (χ2n) is 6.31. The van der Waals surface area contributed by atoms with Crippen molar-refractivity contribution >= 4 is 17.5 Å². The molecule has 2 amide bonds. The topological polar surface area (TPSA) is 82.4 Å². The lowest BCUT2D eigenvalue weighted by Crippen LogP contribution is -2.41. The molecule has 2 aromatic carbocycles. The summed E-state index contributed by atoms with van der Waals surface area (Å²) in [6.45, 7) is 2.18. The molecule has 1 aliphatic rings. The molecule has 0 aromatic heterocycles. The Labute approximate surface area is 158 Å². The minimum absolute atomic E-state index is 0.0960. The Balaban J connectivity index is 1.62. The zero-order valence-corrected chi connectivity index (χ0v) is 15.0. The molecule has 1 fully saturated rings. The van der Waals surface area contributed by atoms with Crippen LogP contribution in [0.15, 0.2) is 48.5 Å². The Hall–Kier alpha value is -3.17. The number of carbonyl (C=O) groups excluding carboxylic acids is 2. The fourth-order valence-corrected chi connectivity index (χ4v) is 2.93. The first kappa shape index (κ1) is 18.6. The number of carbonyl (C=O) groups is 2. The first-order chi connectivity index (χ1) is 13.2. The summed E-state index contributed by atoms with van der Waals surface area (Å²) in [7, 11) is 0. The van der Waals surface area contributed by atoms with E-state index in [0.717, 1.165) is 5.56 Å². The van der Waals surface area contributed by atoms with Crippen LogP contribution in [0.5, 0.6) is 0 Å². The highest BCUT2D eigenvalue weighted by molar-refractivity contribution is 6.03. The van der Waals surface area contributed by atoms with Crippen molar-refractivity contribution in [1.29, 1.82) is 5.26 Å². The molecule has 1 aliphatic heterocycles. The van der Waals surface area contributed by atoms with Gasteiger partial charge in [-0.05, 0) is 36.2 Å². The van der Waals surface area contributed by atoms with E-state index in [1.165, 1.54) is 0 Å². The zero-order chi connectivity index (χ0) is 19.1. The molecule has 0 unspecified atom stereocenters. The number of hydrogen-bond donors (Lipinski definition) is 1. The van der Waals surface area contributed by atoms with Gasteiger partial charge in [0.05, 0.1) is 36.1 Å². The van der Waals surface area contributed by atoms with E-state index in [9.17, 15) is 9.59 Å². The van der Waals surface area contributed by atoms with E-state index in [1.54, 1.807) is 41.3 Å². The smallest absolute Gasteiger partial charge is 0.256 e. The molecule has 2 aromatic rings. The van der Waals surface area contributed by atoms with Crippen molar-refractivity contribution in [2.24, 2.45) is 0 Å². The van der Waals surface area contributed by atoms with Gasteiger partial charge in [-0.15, -0.1) is 0 Å². The maximum atomic E-state index is 12.7. The van der Waals surface area contributed by atoms with Crippen molar-refractivity contribution in [1.82, 2.24) is 4.90 Å². The van der Waals surface area contributed by atoms with E-state index >= 15 is 0 Å². The van der Waals surface area contributed by atoms with Crippen LogP contribution < -0.4 is 5.32 Å². The van der Waals surface area contributed by atoms with Crippen LogP contribution in [0.1, 0.15) is 27.9 Å².